The number of hydrogen-bond donors (Lipinski definition) is 1. The van der Waals surface area contributed by atoms with E-state index in [1.165, 1.54) is 7.05 Å². The van der Waals surface area contributed by atoms with Crippen molar-refractivity contribution in [3.05, 3.63) is 15.9 Å². The van der Waals surface area contributed by atoms with E-state index in [-0.39, 0.29) is 10.2 Å². The van der Waals surface area contributed by atoms with Crippen molar-refractivity contribution >= 4 is 21.8 Å². The maximum Gasteiger partial charge on any atom is 0.436 e. The molecule has 0 saturated carbocycles. The maximum absolute atomic E-state index is 12.6. The molecule has 0 aliphatic rings. The Morgan fingerprint density at radius 2 is 2.15 bits per heavy atom. The van der Waals surface area contributed by atoms with Crippen molar-refractivity contribution in [3.63, 3.8) is 0 Å². The zero-order chi connectivity index (χ0) is 15.3. The summed E-state index contributed by atoms with van der Waals surface area (Å²) >= 11 is 2.78. The van der Waals surface area contributed by atoms with Crippen LogP contribution in [0, 0.1) is 0 Å². The SMILES string of the molecule is CCOCCCNC(=O)c1c(Br)c(C(F)(F)F)nn1C. The van der Waals surface area contributed by atoms with E-state index in [9.17, 15) is 18.0 Å². The highest BCUT2D eigenvalue weighted by Gasteiger charge is 2.39. The van der Waals surface area contributed by atoms with Gasteiger partial charge in [0.2, 0.25) is 0 Å². The predicted molar refractivity (Wildman–Crippen MR) is 69.4 cm³/mol. The lowest BCUT2D eigenvalue weighted by atomic mass is 10.3. The molecule has 1 amide bonds. The summed E-state index contributed by atoms with van der Waals surface area (Å²) in [5, 5.41) is 5.85. The van der Waals surface area contributed by atoms with Crippen LogP contribution in [0.15, 0.2) is 4.47 Å². The molecular weight excluding hydrogens is 343 g/mol. The van der Waals surface area contributed by atoms with Crippen LogP contribution in [0.1, 0.15) is 29.5 Å². The standard InChI is InChI=1S/C11H15BrF3N3O2/c1-3-20-6-4-5-16-10(19)8-7(12)9(11(13,14)15)17-18(8)2/h3-6H2,1-2H3,(H,16,19). The Labute approximate surface area is 122 Å². The van der Waals surface area contributed by atoms with Crippen molar-refractivity contribution in [3.8, 4) is 0 Å². The Bertz CT molecular complexity index is 474. The van der Waals surface area contributed by atoms with Gasteiger partial charge in [0.05, 0.1) is 4.47 Å². The summed E-state index contributed by atoms with van der Waals surface area (Å²) < 4.78 is 43.6. The molecule has 5 nitrogen and oxygen atoms in total. The molecule has 9 heteroatoms. The summed E-state index contributed by atoms with van der Waals surface area (Å²) in [6, 6.07) is 0. The third kappa shape index (κ3) is 4.20. The molecule has 1 N–H and O–H groups in total. The van der Waals surface area contributed by atoms with Crippen LogP contribution in [0.25, 0.3) is 0 Å². The van der Waals surface area contributed by atoms with Gasteiger partial charge in [0.1, 0.15) is 5.69 Å². The smallest absolute Gasteiger partial charge is 0.382 e. The minimum Gasteiger partial charge on any atom is -0.382 e. The van der Waals surface area contributed by atoms with E-state index < -0.39 is 17.8 Å². The van der Waals surface area contributed by atoms with Crippen molar-refractivity contribution in [2.24, 2.45) is 7.05 Å². The highest BCUT2D eigenvalue weighted by molar-refractivity contribution is 9.10. The second-order valence-corrected chi connectivity index (χ2v) is 4.73. The molecule has 0 unspecified atom stereocenters. The molecule has 1 heterocycles. The molecule has 0 fully saturated rings. The van der Waals surface area contributed by atoms with Crippen LogP contribution < -0.4 is 5.32 Å². The number of carbonyl (C=O) groups is 1. The average Bonchev–Trinajstić information content (AvgIpc) is 2.64. The fourth-order valence-electron chi connectivity index (χ4n) is 1.53. The van der Waals surface area contributed by atoms with Crippen molar-refractivity contribution < 1.29 is 22.7 Å². The largest absolute Gasteiger partial charge is 0.436 e. The summed E-state index contributed by atoms with van der Waals surface area (Å²) in [5.41, 5.74) is -1.27. The monoisotopic (exact) mass is 357 g/mol. The van der Waals surface area contributed by atoms with Crippen molar-refractivity contribution in [2.45, 2.75) is 19.5 Å². The molecule has 1 aromatic rings. The molecule has 1 aromatic heterocycles. The fraction of sp³-hybridized carbons (Fsp3) is 0.636. The highest BCUT2D eigenvalue weighted by atomic mass is 79.9. The summed E-state index contributed by atoms with van der Waals surface area (Å²) in [6.45, 7) is 3.23. The van der Waals surface area contributed by atoms with Crippen LogP contribution >= 0.6 is 15.9 Å². The van der Waals surface area contributed by atoms with E-state index in [4.69, 9.17) is 4.74 Å². The number of aryl methyl sites for hydroxylation is 1. The van der Waals surface area contributed by atoms with Crippen molar-refractivity contribution in [2.75, 3.05) is 19.8 Å². The number of nitrogens with one attached hydrogen (secondary N) is 1. The zero-order valence-corrected chi connectivity index (χ0v) is 12.6. The Morgan fingerprint density at radius 3 is 2.65 bits per heavy atom. The van der Waals surface area contributed by atoms with E-state index in [0.717, 1.165) is 4.68 Å². The maximum atomic E-state index is 12.6. The molecule has 0 spiro atoms. The molecule has 0 atom stereocenters. The lowest BCUT2D eigenvalue weighted by Gasteiger charge is -2.06. The highest BCUT2D eigenvalue weighted by Crippen LogP contribution is 2.35. The summed E-state index contributed by atoms with van der Waals surface area (Å²) in [6.07, 6.45) is -4.02. The lowest BCUT2D eigenvalue weighted by Crippen LogP contribution is -2.27. The van der Waals surface area contributed by atoms with E-state index >= 15 is 0 Å². The number of amides is 1. The Kier molecular flexibility index (Phi) is 6.00. The van der Waals surface area contributed by atoms with Crippen molar-refractivity contribution in [1.82, 2.24) is 15.1 Å². The predicted octanol–water partition coefficient (Wildman–Crippen LogP) is 2.36. The Hall–Kier alpha value is -1.09. The Balaban J connectivity index is 2.72. The molecule has 20 heavy (non-hydrogen) atoms. The molecule has 1 rings (SSSR count). The van der Waals surface area contributed by atoms with E-state index in [2.05, 4.69) is 26.3 Å². The number of hydrogen-bond acceptors (Lipinski definition) is 3. The molecule has 0 aliphatic heterocycles. The number of aromatic nitrogens is 2. The van der Waals surface area contributed by atoms with Gasteiger partial charge in [0.15, 0.2) is 5.69 Å². The molecule has 0 aliphatic carbocycles. The number of carbonyl (C=O) groups excluding carboxylic acids is 1. The third-order valence-corrected chi connectivity index (χ3v) is 3.18. The third-order valence-electron chi connectivity index (χ3n) is 2.43. The van der Waals surface area contributed by atoms with Gasteiger partial charge in [-0.3, -0.25) is 9.48 Å². The van der Waals surface area contributed by atoms with Crippen LogP contribution in [-0.4, -0.2) is 35.4 Å². The Morgan fingerprint density at radius 1 is 1.50 bits per heavy atom. The van der Waals surface area contributed by atoms with Gasteiger partial charge in [-0.1, -0.05) is 0 Å². The number of rotatable bonds is 6. The normalized spacial score (nSPS) is 11.7. The van der Waals surface area contributed by atoms with Gasteiger partial charge in [0.25, 0.3) is 5.91 Å². The van der Waals surface area contributed by atoms with Gasteiger partial charge in [-0.15, -0.1) is 0 Å². The lowest BCUT2D eigenvalue weighted by molar-refractivity contribution is -0.142. The first-order valence-electron chi connectivity index (χ1n) is 5.94. The van der Waals surface area contributed by atoms with Gasteiger partial charge in [-0.2, -0.15) is 18.3 Å². The fourth-order valence-corrected chi connectivity index (χ4v) is 2.27. The topological polar surface area (TPSA) is 56.1 Å². The van der Waals surface area contributed by atoms with Crippen molar-refractivity contribution in [1.29, 1.82) is 0 Å². The first kappa shape index (κ1) is 17.0. The minimum absolute atomic E-state index is 0.159. The van der Waals surface area contributed by atoms with Crippen LogP contribution in [0.5, 0.6) is 0 Å². The second-order valence-electron chi connectivity index (χ2n) is 3.94. The van der Waals surface area contributed by atoms with Gasteiger partial charge in [-0.05, 0) is 29.3 Å². The van der Waals surface area contributed by atoms with Crippen LogP contribution in [0.4, 0.5) is 13.2 Å². The molecule has 0 radical (unpaired) electrons. The van der Waals surface area contributed by atoms with Crippen LogP contribution in [-0.2, 0) is 18.0 Å². The summed E-state index contributed by atoms with van der Waals surface area (Å²) in [4.78, 5) is 11.8. The number of alkyl halides is 3. The first-order valence-corrected chi connectivity index (χ1v) is 6.74. The van der Waals surface area contributed by atoms with E-state index in [1.807, 2.05) is 6.92 Å². The van der Waals surface area contributed by atoms with Gasteiger partial charge in [0, 0.05) is 26.8 Å². The average molecular weight is 358 g/mol. The number of ether oxygens (including phenoxy) is 1. The van der Waals surface area contributed by atoms with E-state index in [1.54, 1.807) is 0 Å². The molecule has 0 bridgehead atoms. The summed E-state index contributed by atoms with van der Waals surface area (Å²) in [7, 11) is 1.29. The molecule has 0 aromatic carbocycles. The van der Waals surface area contributed by atoms with Gasteiger partial charge in [-0.25, -0.2) is 0 Å². The second kappa shape index (κ2) is 7.07. The number of nitrogens with zero attached hydrogens (tertiary/aromatic N) is 2. The van der Waals surface area contributed by atoms with Gasteiger partial charge >= 0.3 is 6.18 Å². The van der Waals surface area contributed by atoms with Crippen LogP contribution in [0.2, 0.25) is 0 Å². The zero-order valence-electron chi connectivity index (χ0n) is 11.1. The molecular formula is C11H15BrF3N3O2. The van der Waals surface area contributed by atoms with E-state index in [0.29, 0.717) is 26.2 Å². The first-order chi connectivity index (χ1) is 9.29. The molecule has 0 saturated heterocycles. The van der Waals surface area contributed by atoms with Crippen LogP contribution in [0.3, 0.4) is 0 Å². The minimum atomic E-state index is -4.61. The molecule has 114 valence electrons. The quantitative estimate of drug-likeness (QED) is 0.795. The van der Waals surface area contributed by atoms with Gasteiger partial charge < -0.3 is 10.1 Å². The number of halogens is 4. The summed E-state index contributed by atoms with van der Waals surface area (Å²) in [5.74, 6) is -0.612.